The van der Waals surface area contributed by atoms with Crippen molar-refractivity contribution in [1.29, 1.82) is 0 Å². The van der Waals surface area contributed by atoms with Crippen LogP contribution in [0.1, 0.15) is 21.6 Å². The third-order valence-corrected chi connectivity index (χ3v) is 4.69. The van der Waals surface area contributed by atoms with E-state index in [0.29, 0.717) is 17.1 Å². The highest BCUT2D eigenvalue weighted by Gasteiger charge is 2.13. The number of hydrogen-bond donors (Lipinski definition) is 1. The van der Waals surface area contributed by atoms with Crippen LogP contribution in [0.25, 0.3) is 5.65 Å². The van der Waals surface area contributed by atoms with Gasteiger partial charge in [-0.1, -0.05) is 24.3 Å². The lowest BCUT2D eigenvalue weighted by Crippen LogP contribution is -2.28. The van der Waals surface area contributed by atoms with Crippen LogP contribution in [0.15, 0.2) is 73.1 Å². The second-order valence-corrected chi connectivity index (χ2v) is 7.00. The molecule has 0 unspecified atom stereocenters. The van der Waals surface area contributed by atoms with E-state index in [4.69, 9.17) is 9.47 Å². The van der Waals surface area contributed by atoms with Gasteiger partial charge in [0.1, 0.15) is 36.2 Å². The van der Waals surface area contributed by atoms with Crippen molar-refractivity contribution in [3.05, 3.63) is 95.7 Å². The van der Waals surface area contributed by atoms with Crippen LogP contribution >= 0.6 is 0 Å². The van der Waals surface area contributed by atoms with Crippen LogP contribution in [0.5, 0.6) is 11.5 Å². The summed E-state index contributed by atoms with van der Waals surface area (Å²) in [6.45, 7) is 2.74. The molecule has 0 atom stereocenters. The van der Waals surface area contributed by atoms with Gasteiger partial charge in [-0.25, -0.2) is 9.37 Å². The van der Waals surface area contributed by atoms with Gasteiger partial charge in [0.15, 0.2) is 0 Å². The summed E-state index contributed by atoms with van der Waals surface area (Å²) < 4.78 is 26.5. The van der Waals surface area contributed by atoms with Crippen LogP contribution < -0.4 is 14.8 Å². The molecule has 4 aromatic rings. The minimum Gasteiger partial charge on any atom is -0.492 e. The molecule has 2 heterocycles. The van der Waals surface area contributed by atoms with Crippen molar-refractivity contribution in [3.8, 4) is 11.5 Å². The van der Waals surface area contributed by atoms with Crippen molar-refractivity contribution in [2.75, 3.05) is 13.2 Å². The molecule has 0 bridgehead atoms. The first-order chi connectivity index (χ1) is 15.1. The van der Waals surface area contributed by atoms with E-state index in [9.17, 15) is 9.18 Å². The Hall–Kier alpha value is -3.87. The Labute approximate surface area is 179 Å². The first-order valence-corrected chi connectivity index (χ1v) is 9.92. The second kappa shape index (κ2) is 9.30. The number of ether oxygens (including phenoxy) is 2. The van der Waals surface area contributed by atoms with E-state index in [1.807, 2.05) is 41.9 Å². The van der Waals surface area contributed by atoms with Gasteiger partial charge in [0.05, 0.1) is 17.8 Å². The molecule has 2 aromatic carbocycles. The van der Waals surface area contributed by atoms with Gasteiger partial charge in [-0.3, -0.25) is 4.79 Å². The Morgan fingerprint density at radius 1 is 1.10 bits per heavy atom. The molecule has 0 saturated carbocycles. The molecular weight excluding hydrogens is 397 g/mol. The van der Waals surface area contributed by atoms with Gasteiger partial charge in [-0.15, -0.1) is 0 Å². The number of halogens is 1. The normalized spacial score (nSPS) is 10.8. The first-order valence-electron chi connectivity index (χ1n) is 9.92. The zero-order valence-corrected chi connectivity index (χ0v) is 17.0. The van der Waals surface area contributed by atoms with Crippen LogP contribution in [0.3, 0.4) is 0 Å². The zero-order chi connectivity index (χ0) is 21.6. The molecule has 0 aliphatic carbocycles. The summed E-state index contributed by atoms with van der Waals surface area (Å²) in [5.74, 6) is 0.248. The molecule has 0 fully saturated rings. The standard InChI is InChI=1S/C24H22FN3O3/c1-17-6-5-12-28-15-19(27-23(17)28)16-31-22-10-3-2-9-21(22)24(29)26-11-13-30-20-8-4-7-18(25)14-20/h2-10,12,14-15H,11,13,16H2,1H3,(H,26,29). The van der Waals surface area contributed by atoms with Gasteiger partial charge >= 0.3 is 0 Å². The second-order valence-electron chi connectivity index (χ2n) is 7.00. The molecular formula is C24H22FN3O3. The number of nitrogens with zero attached hydrogens (tertiary/aromatic N) is 2. The van der Waals surface area contributed by atoms with Gasteiger partial charge in [0.2, 0.25) is 0 Å². The third-order valence-electron chi connectivity index (χ3n) is 4.69. The molecule has 1 amide bonds. The number of rotatable bonds is 8. The van der Waals surface area contributed by atoms with Crippen molar-refractivity contribution in [2.24, 2.45) is 0 Å². The molecule has 1 N–H and O–H groups in total. The number of pyridine rings is 1. The highest BCUT2D eigenvalue weighted by molar-refractivity contribution is 5.96. The van der Waals surface area contributed by atoms with E-state index >= 15 is 0 Å². The number of nitrogens with one attached hydrogen (secondary N) is 1. The fraction of sp³-hybridized carbons (Fsp3) is 0.167. The van der Waals surface area contributed by atoms with Crippen LogP contribution in [0.4, 0.5) is 4.39 Å². The summed E-state index contributed by atoms with van der Waals surface area (Å²) in [6.07, 6.45) is 3.85. The minimum absolute atomic E-state index is 0.221. The Morgan fingerprint density at radius 3 is 2.81 bits per heavy atom. The topological polar surface area (TPSA) is 64.9 Å². The van der Waals surface area contributed by atoms with Crippen molar-refractivity contribution in [1.82, 2.24) is 14.7 Å². The number of amides is 1. The third kappa shape index (κ3) is 5.01. The van der Waals surface area contributed by atoms with Crippen LogP contribution in [0.2, 0.25) is 0 Å². The zero-order valence-electron chi connectivity index (χ0n) is 17.0. The maximum absolute atomic E-state index is 13.2. The van der Waals surface area contributed by atoms with Gasteiger partial charge in [0.25, 0.3) is 5.91 Å². The monoisotopic (exact) mass is 419 g/mol. The van der Waals surface area contributed by atoms with Gasteiger partial charge in [-0.05, 0) is 42.8 Å². The van der Waals surface area contributed by atoms with Crippen molar-refractivity contribution in [3.63, 3.8) is 0 Å². The number of aryl methyl sites for hydroxylation is 1. The summed E-state index contributed by atoms with van der Waals surface area (Å²) >= 11 is 0. The van der Waals surface area contributed by atoms with E-state index in [1.54, 1.807) is 30.3 Å². The largest absolute Gasteiger partial charge is 0.492 e. The number of carbonyl (C=O) groups is 1. The molecule has 158 valence electrons. The molecule has 0 aliphatic rings. The summed E-state index contributed by atoms with van der Waals surface area (Å²) in [4.78, 5) is 17.2. The molecule has 6 nitrogen and oxygen atoms in total. The summed E-state index contributed by atoms with van der Waals surface area (Å²) in [5.41, 5.74) is 3.15. The fourth-order valence-electron chi connectivity index (χ4n) is 3.19. The van der Waals surface area contributed by atoms with Crippen molar-refractivity contribution < 1.29 is 18.7 Å². The Bertz CT molecular complexity index is 1210. The van der Waals surface area contributed by atoms with E-state index in [1.165, 1.54) is 12.1 Å². The predicted octanol–water partition coefficient (Wildman–Crippen LogP) is 4.17. The Balaban J connectivity index is 1.34. The van der Waals surface area contributed by atoms with E-state index in [2.05, 4.69) is 10.3 Å². The Morgan fingerprint density at radius 2 is 1.97 bits per heavy atom. The minimum atomic E-state index is -0.367. The van der Waals surface area contributed by atoms with Crippen LogP contribution in [0, 0.1) is 12.7 Å². The molecule has 0 saturated heterocycles. The summed E-state index contributed by atoms with van der Waals surface area (Å²) in [5, 5.41) is 2.79. The molecule has 0 aliphatic heterocycles. The maximum Gasteiger partial charge on any atom is 0.255 e. The van der Waals surface area contributed by atoms with Gasteiger partial charge in [-0.2, -0.15) is 0 Å². The number of imidazole rings is 1. The van der Waals surface area contributed by atoms with Crippen LogP contribution in [-0.2, 0) is 6.61 Å². The highest BCUT2D eigenvalue weighted by Crippen LogP contribution is 2.20. The molecule has 31 heavy (non-hydrogen) atoms. The lowest BCUT2D eigenvalue weighted by molar-refractivity contribution is 0.0942. The summed E-state index contributed by atoms with van der Waals surface area (Å²) in [6, 6.07) is 16.9. The van der Waals surface area contributed by atoms with Gasteiger partial charge in [0, 0.05) is 18.5 Å². The molecule has 0 spiro atoms. The average molecular weight is 419 g/mol. The number of hydrogen-bond acceptors (Lipinski definition) is 4. The molecule has 2 aromatic heterocycles. The highest BCUT2D eigenvalue weighted by atomic mass is 19.1. The molecule has 4 rings (SSSR count). The number of para-hydroxylation sites is 1. The lowest BCUT2D eigenvalue weighted by atomic mass is 10.2. The predicted molar refractivity (Wildman–Crippen MR) is 115 cm³/mol. The number of fused-ring (bicyclic) bond motifs is 1. The number of benzene rings is 2. The number of carbonyl (C=O) groups excluding carboxylic acids is 1. The summed E-state index contributed by atoms with van der Waals surface area (Å²) in [7, 11) is 0. The lowest BCUT2D eigenvalue weighted by Gasteiger charge is -2.11. The van der Waals surface area contributed by atoms with Crippen LogP contribution in [-0.4, -0.2) is 28.4 Å². The quantitative estimate of drug-likeness (QED) is 0.436. The van der Waals surface area contributed by atoms with Gasteiger partial charge < -0.3 is 19.2 Å². The average Bonchev–Trinajstić information content (AvgIpc) is 3.20. The van der Waals surface area contributed by atoms with E-state index < -0.39 is 0 Å². The number of aromatic nitrogens is 2. The maximum atomic E-state index is 13.2. The Kier molecular flexibility index (Phi) is 6.12. The fourth-order valence-corrected chi connectivity index (χ4v) is 3.19. The molecule has 7 heteroatoms. The van der Waals surface area contributed by atoms with Crippen molar-refractivity contribution in [2.45, 2.75) is 13.5 Å². The first kappa shape index (κ1) is 20.4. The van der Waals surface area contributed by atoms with Crippen molar-refractivity contribution >= 4 is 11.6 Å². The van der Waals surface area contributed by atoms with E-state index in [0.717, 1.165) is 16.9 Å². The van der Waals surface area contributed by atoms with E-state index in [-0.39, 0.29) is 31.5 Å². The molecule has 0 radical (unpaired) electrons. The smallest absolute Gasteiger partial charge is 0.255 e. The SMILES string of the molecule is Cc1cccn2cc(COc3ccccc3C(=O)NCCOc3cccc(F)c3)nc12.